The number of carbonyl (C=O) groups is 2. The third-order valence-electron chi connectivity index (χ3n) is 4.44. The van der Waals surface area contributed by atoms with Gasteiger partial charge in [0, 0.05) is 0 Å². The molecule has 2 N–H and O–H groups in total. The highest BCUT2D eigenvalue weighted by Gasteiger charge is 2.27. The van der Waals surface area contributed by atoms with Gasteiger partial charge in [-0.3, -0.25) is 14.9 Å². The number of hydrogen-bond donors (Lipinski definition) is 2. The molecule has 4 rings (SSSR count). The number of para-hydroxylation sites is 1. The number of nitrogens with zero attached hydrogens (tertiary/aromatic N) is 2. The van der Waals surface area contributed by atoms with Crippen LogP contribution in [-0.2, 0) is 4.79 Å². The molecule has 1 aliphatic heterocycles. The molecule has 0 unspecified atom stereocenters. The maximum absolute atomic E-state index is 12.3. The number of piperazine rings is 1. The van der Waals surface area contributed by atoms with E-state index in [9.17, 15) is 9.59 Å². The molecule has 1 fully saturated rings. The molecule has 3 heterocycles. The molecule has 3 aromatic rings. The van der Waals surface area contributed by atoms with Gasteiger partial charge in [-0.2, -0.15) is 0 Å². The third kappa shape index (κ3) is 3.61. The summed E-state index contributed by atoms with van der Waals surface area (Å²) >= 11 is 1.47. The first-order valence-electron chi connectivity index (χ1n) is 8.51. The van der Waals surface area contributed by atoms with E-state index >= 15 is 0 Å². The largest absolute Gasteiger partial charge is 0.459 e. The van der Waals surface area contributed by atoms with E-state index in [4.69, 9.17) is 4.42 Å². The summed E-state index contributed by atoms with van der Waals surface area (Å²) in [5.74, 6) is 0.222. The molecule has 1 aromatic carbocycles. The third-order valence-corrected chi connectivity index (χ3v) is 5.39. The number of rotatable bonds is 4. The summed E-state index contributed by atoms with van der Waals surface area (Å²) in [5, 5.41) is 3.51. The quantitative estimate of drug-likeness (QED) is 0.713. The minimum Gasteiger partial charge on any atom is -0.459 e. The number of hydrogen-bond acceptors (Lipinski definition) is 5. The van der Waals surface area contributed by atoms with Gasteiger partial charge in [0.25, 0.3) is 11.8 Å². The van der Waals surface area contributed by atoms with Crippen LogP contribution in [0.15, 0.2) is 47.1 Å². The predicted octanol–water partition coefficient (Wildman–Crippen LogP) is 0.869. The molecule has 134 valence electrons. The van der Waals surface area contributed by atoms with Gasteiger partial charge in [0.1, 0.15) is 0 Å². The zero-order valence-corrected chi connectivity index (χ0v) is 14.9. The van der Waals surface area contributed by atoms with Crippen molar-refractivity contribution in [2.45, 2.75) is 0 Å². The van der Waals surface area contributed by atoms with Crippen molar-refractivity contribution in [1.29, 1.82) is 0 Å². The first-order chi connectivity index (χ1) is 12.7. The monoisotopic (exact) mass is 371 g/mol. The van der Waals surface area contributed by atoms with Crippen LogP contribution in [0.1, 0.15) is 10.6 Å². The Morgan fingerprint density at radius 2 is 2.00 bits per heavy atom. The van der Waals surface area contributed by atoms with Crippen LogP contribution in [0.3, 0.4) is 0 Å². The molecule has 1 aliphatic rings. The van der Waals surface area contributed by atoms with Crippen molar-refractivity contribution < 1.29 is 18.9 Å². The van der Waals surface area contributed by atoms with E-state index in [1.54, 1.807) is 17.0 Å². The van der Waals surface area contributed by atoms with Crippen LogP contribution < -0.4 is 10.2 Å². The number of benzene rings is 1. The second-order valence-corrected chi connectivity index (χ2v) is 7.26. The highest BCUT2D eigenvalue weighted by atomic mass is 32.1. The number of thiazole rings is 1. The van der Waals surface area contributed by atoms with Gasteiger partial charge in [0.15, 0.2) is 17.4 Å². The van der Waals surface area contributed by atoms with Crippen LogP contribution in [0.5, 0.6) is 0 Å². The fourth-order valence-electron chi connectivity index (χ4n) is 3.08. The summed E-state index contributed by atoms with van der Waals surface area (Å²) in [7, 11) is 0. The Labute approximate surface area is 154 Å². The predicted molar refractivity (Wildman–Crippen MR) is 98.4 cm³/mol. The smallest absolute Gasteiger partial charge is 0.289 e. The van der Waals surface area contributed by atoms with Crippen LogP contribution in [0.4, 0.5) is 5.13 Å². The van der Waals surface area contributed by atoms with Gasteiger partial charge in [0.05, 0.1) is 42.7 Å². The Morgan fingerprint density at radius 3 is 2.73 bits per heavy atom. The summed E-state index contributed by atoms with van der Waals surface area (Å²) in [6.45, 7) is 3.07. The molecule has 0 spiro atoms. The number of aromatic nitrogens is 1. The highest BCUT2D eigenvalue weighted by Crippen LogP contribution is 2.25. The van der Waals surface area contributed by atoms with Crippen molar-refractivity contribution in [1.82, 2.24) is 9.88 Å². The number of quaternary nitrogens is 1. The Balaban J connectivity index is 1.28. The van der Waals surface area contributed by atoms with Crippen LogP contribution >= 0.6 is 11.3 Å². The fourth-order valence-corrected chi connectivity index (χ4v) is 3.96. The van der Waals surface area contributed by atoms with E-state index in [1.165, 1.54) is 17.6 Å². The summed E-state index contributed by atoms with van der Waals surface area (Å²) in [6.07, 6.45) is 1.50. The summed E-state index contributed by atoms with van der Waals surface area (Å²) in [6, 6.07) is 11.2. The maximum atomic E-state index is 12.3. The number of fused-ring (bicyclic) bond motifs is 1. The van der Waals surface area contributed by atoms with E-state index < -0.39 is 0 Å². The Bertz CT molecular complexity index is 881. The minimum absolute atomic E-state index is 0.0510. The average molecular weight is 371 g/mol. The molecule has 0 aliphatic carbocycles. The van der Waals surface area contributed by atoms with E-state index in [2.05, 4.69) is 10.3 Å². The lowest BCUT2D eigenvalue weighted by molar-refractivity contribution is -0.895. The standard InChI is InChI=1S/C18H18N4O3S/c23-16(20-18-19-13-4-1-2-6-15(13)26-18)12-21-7-9-22(10-8-21)17(24)14-5-3-11-25-14/h1-6,11H,7-10,12H2,(H,19,20,23)/p+1. The van der Waals surface area contributed by atoms with Gasteiger partial charge in [0.2, 0.25) is 0 Å². The van der Waals surface area contributed by atoms with Crippen LogP contribution in [0, 0.1) is 0 Å². The molecule has 0 radical (unpaired) electrons. The number of carbonyl (C=O) groups excluding carboxylic acids is 2. The van der Waals surface area contributed by atoms with E-state index in [0.29, 0.717) is 30.5 Å². The zero-order chi connectivity index (χ0) is 17.9. The lowest BCUT2D eigenvalue weighted by Crippen LogP contribution is -3.15. The first kappa shape index (κ1) is 16.7. The lowest BCUT2D eigenvalue weighted by atomic mass is 10.3. The molecule has 0 bridgehead atoms. The normalized spacial score (nSPS) is 15.3. The molecule has 2 amide bonds. The van der Waals surface area contributed by atoms with Crippen molar-refractivity contribution in [3.8, 4) is 0 Å². The second-order valence-electron chi connectivity index (χ2n) is 6.23. The van der Waals surface area contributed by atoms with Gasteiger partial charge in [-0.1, -0.05) is 23.5 Å². The number of furan rings is 1. The average Bonchev–Trinajstić information content (AvgIpc) is 3.31. The Kier molecular flexibility index (Phi) is 4.68. The molecule has 0 atom stereocenters. The van der Waals surface area contributed by atoms with Crippen molar-refractivity contribution in [3.63, 3.8) is 0 Å². The van der Waals surface area contributed by atoms with Gasteiger partial charge >= 0.3 is 0 Å². The molecule has 1 saturated heterocycles. The SMILES string of the molecule is O=C(C[NH+]1CCN(C(=O)c2ccco2)CC1)Nc1nc2ccccc2s1. The molecular formula is C18H19N4O3S+. The van der Waals surface area contributed by atoms with Crippen LogP contribution in [-0.4, -0.2) is 54.4 Å². The maximum Gasteiger partial charge on any atom is 0.289 e. The second kappa shape index (κ2) is 7.27. The number of anilines is 1. The van der Waals surface area contributed by atoms with Crippen molar-refractivity contribution in [2.24, 2.45) is 0 Å². The molecular weight excluding hydrogens is 352 g/mol. The van der Waals surface area contributed by atoms with Gasteiger partial charge in [-0.25, -0.2) is 4.98 Å². The summed E-state index contributed by atoms with van der Waals surface area (Å²) < 4.78 is 6.22. The fraction of sp³-hybridized carbons (Fsp3) is 0.278. The van der Waals surface area contributed by atoms with E-state index in [-0.39, 0.29) is 11.8 Å². The Morgan fingerprint density at radius 1 is 1.19 bits per heavy atom. The molecule has 0 saturated carbocycles. The van der Waals surface area contributed by atoms with Gasteiger partial charge < -0.3 is 14.2 Å². The zero-order valence-electron chi connectivity index (χ0n) is 14.1. The van der Waals surface area contributed by atoms with Crippen LogP contribution in [0.25, 0.3) is 10.2 Å². The minimum atomic E-state index is -0.0898. The number of amides is 2. The van der Waals surface area contributed by atoms with Crippen molar-refractivity contribution >= 4 is 38.5 Å². The molecule has 8 heteroatoms. The molecule has 7 nitrogen and oxygen atoms in total. The highest BCUT2D eigenvalue weighted by molar-refractivity contribution is 7.22. The van der Waals surface area contributed by atoms with Crippen LogP contribution in [0.2, 0.25) is 0 Å². The Hall–Kier alpha value is -2.71. The first-order valence-corrected chi connectivity index (χ1v) is 9.32. The van der Waals surface area contributed by atoms with E-state index in [1.807, 2.05) is 24.3 Å². The van der Waals surface area contributed by atoms with Gasteiger partial charge in [-0.05, 0) is 24.3 Å². The molecule has 26 heavy (non-hydrogen) atoms. The van der Waals surface area contributed by atoms with Gasteiger partial charge in [-0.15, -0.1) is 0 Å². The van der Waals surface area contributed by atoms with E-state index in [0.717, 1.165) is 28.2 Å². The number of nitrogens with one attached hydrogen (secondary N) is 2. The van der Waals surface area contributed by atoms with Crippen molar-refractivity contribution in [2.75, 3.05) is 38.0 Å². The topological polar surface area (TPSA) is 79.9 Å². The lowest BCUT2D eigenvalue weighted by Gasteiger charge is -2.31. The van der Waals surface area contributed by atoms with Crippen molar-refractivity contribution in [3.05, 3.63) is 48.4 Å². The summed E-state index contributed by atoms with van der Waals surface area (Å²) in [5.41, 5.74) is 0.894. The molecule has 2 aromatic heterocycles. The summed E-state index contributed by atoms with van der Waals surface area (Å²) in [4.78, 5) is 31.9.